The first-order chi connectivity index (χ1) is 4.75. The number of oxime groups is 1. The molecule has 5 heteroatoms. The van der Waals surface area contributed by atoms with Crippen molar-refractivity contribution in [1.82, 2.24) is 4.90 Å². The van der Waals surface area contributed by atoms with Crippen molar-refractivity contribution < 1.29 is 9.94 Å². The molecule has 10 heavy (non-hydrogen) atoms. The maximum absolute atomic E-state index is 9.16. The molecule has 0 aromatic carbocycles. The molecular formula is C5H10N2O2S. The van der Waals surface area contributed by atoms with Crippen molar-refractivity contribution in [2.75, 3.05) is 19.9 Å². The Morgan fingerprint density at radius 1 is 1.90 bits per heavy atom. The molecule has 1 atom stereocenters. The summed E-state index contributed by atoms with van der Waals surface area (Å²) in [5.41, 5.74) is 0. The summed E-state index contributed by atoms with van der Waals surface area (Å²) >= 11 is 1.48. The zero-order chi connectivity index (χ0) is 7.56. The van der Waals surface area contributed by atoms with Crippen LogP contribution in [0.15, 0.2) is 5.16 Å². The lowest BCUT2D eigenvalue weighted by Crippen LogP contribution is -2.29. The van der Waals surface area contributed by atoms with Gasteiger partial charge in [0.1, 0.15) is 13.3 Å². The number of amidine groups is 1. The second kappa shape index (κ2) is 3.12. The largest absolute Gasteiger partial charge is 0.397 e. The van der Waals surface area contributed by atoms with Gasteiger partial charge in [0.2, 0.25) is 5.17 Å². The Hall–Kier alpha value is -0.420. The fourth-order valence-electron chi connectivity index (χ4n) is 0.659. The van der Waals surface area contributed by atoms with Crippen LogP contribution in [0.5, 0.6) is 0 Å². The van der Waals surface area contributed by atoms with Crippen LogP contribution in [0, 0.1) is 0 Å². The van der Waals surface area contributed by atoms with E-state index >= 15 is 0 Å². The molecule has 1 rings (SSSR count). The van der Waals surface area contributed by atoms with E-state index in [-0.39, 0.29) is 0 Å². The number of thioether (sulfide) groups is 1. The predicted molar refractivity (Wildman–Crippen MR) is 40.7 cm³/mol. The Kier molecular flexibility index (Phi) is 2.39. The number of nitrogens with zero attached hydrogens (tertiary/aromatic N) is 2. The molecule has 1 unspecified atom stereocenters. The molecule has 1 fully saturated rings. The molecule has 1 saturated heterocycles. The van der Waals surface area contributed by atoms with Gasteiger partial charge in [-0.3, -0.25) is 0 Å². The van der Waals surface area contributed by atoms with Gasteiger partial charge in [0.05, 0.1) is 0 Å². The quantitative estimate of drug-likeness (QED) is 0.547. The van der Waals surface area contributed by atoms with Crippen LogP contribution in [0.2, 0.25) is 0 Å². The molecule has 1 heterocycles. The van der Waals surface area contributed by atoms with Crippen LogP contribution >= 0.6 is 11.8 Å². The first kappa shape index (κ1) is 7.68. The molecular weight excluding hydrogens is 152 g/mol. The van der Waals surface area contributed by atoms with Crippen LogP contribution in [0.1, 0.15) is 0 Å². The van der Waals surface area contributed by atoms with Crippen molar-refractivity contribution in [3.8, 4) is 0 Å². The van der Waals surface area contributed by atoms with Crippen molar-refractivity contribution in [3.05, 3.63) is 0 Å². The summed E-state index contributed by atoms with van der Waals surface area (Å²) in [5, 5.41) is 13.6. The zero-order valence-electron chi connectivity index (χ0n) is 5.94. The summed E-state index contributed by atoms with van der Waals surface area (Å²) < 4.78 is 0. The maximum Gasteiger partial charge on any atom is 0.204 e. The third-order valence-electron chi connectivity index (χ3n) is 1.28. The molecule has 1 N–H and O–H groups in total. The highest BCUT2D eigenvalue weighted by Crippen LogP contribution is 2.20. The van der Waals surface area contributed by atoms with Crippen LogP contribution in [-0.4, -0.2) is 41.3 Å². The number of rotatable bonds is 1. The molecule has 0 saturated carbocycles. The highest BCUT2D eigenvalue weighted by molar-refractivity contribution is 8.14. The molecule has 1 aliphatic rings. The van der Waals surface area contributed by atoms with Gasteiger partial charge >= 0.3 is 0 Å². The number of hydrogen-bond donors (Lipinski definition) is 1. The van der Waals surface area contributed by atoms with Gasteiger partial charge in [0.15, 0.2) is 0 Å². The third kappa shape index (κ3) is 1.35. The second-order valence-electron chi connectivity index (χ2n) is 1.96. The van der Waals surface area contributed by atoms with Gasteiger partial charge in [0.25, 0.3) is 0 Å². The van der Waals surface area contributed by atoms with Crippen LogP contribution in [-0.2, 0) is 4.84 Å². The standard InChI is InChI=1S/C5H10N2O2S/c1-7-4(8)3-10-5(7)6-9-2/h4,8H,3H2,1-2H3/b6-5+. The highest BCUT2D eigenvalue weighted by Gasteiger charge is 2.24. The Morgan fingerprint density at radius 2 is 2.60 bits per heavy atom. The van der Waals surface area contributed by atoms with Gasteiger partial charge in [-0.25, -0.2) is 0 Å². The lowest BCUT2D eigenvalue weighted by molar-refractivity contribution is 0.0955. The summed E-state index contributed by atoms with van der Waals surface area (Å²) in [6.07, 6.45) is -0.418. The van der Waals surface area contributed by atoms with Gasteiger partial charge in [-0.2, -0.15) is 0 Å². The lowest BCUT2D eigenvalue weighted by Gasteiger charge is -2.13. The normalized spacial score (nSPS) is 29.7. The molecule has 0 spiro atoms. The van der Waals surface area contributed by atoms with E-state index in [1.807, 2.05) is 0 Å². The van der Waals surface area contributed by atoms with Crippen molar-refractivity contribution in [2.24, 2.45) is 5.16 Å². The molecule has 0 bridgehead atoms. The molecule has 0 aromatic rings. The van der Waals surface area contributed by atoms with E-state index in [1.165, 1.54) is 18.9 Å². The van der Waals surface area contributed by atoms with E-state index in [1.54, 1.807) is 11.9 Å². The van der Waals surface area contributed by atoms with E-state index in [0.717, 1.165) is 5.17 Å². The molecule has 0 radical (unpaired) electrons. The Bertz CT molecular complexity index is 151. The molecule has 4 nitrogen and oxygen atoms in total. The van der Waals surface area contributed by atoms with E-state index in [4.69, 9.17) is 5.11 Å². The fourth-order valence-corrected chi connectivity index (χ4v) is 1.63. The lowest BCUT2D eigenvalue weighted by atomic mass is 10.6. The van der Waals surface area contributed by atoms with Crippen molar-refractivity contribution in [3.63, 3.8) is 0 Å². The molecule has 1 aliphatic heterocycles. The van der Waals surface area contributed by atoms with Crippen LogP contribution < -0.4 is 0 Å². The van der Waals surface area contributed by atoms with Gasteiger partial charge in [-0.05, 0) is 0 Å². The van der Waals surface area contributed by atoms with Gasteiger partial charge in [-0.1, -0.05) is 16.9 Å². The second-order valence-corrected chi connectivity index (χ2v) is 2.95. The van der Waals surface area contributed by atoms with Crippen LogP contribution in [0.3, 0.4) is 0 Å². The zero-order valence-corrected chi connectivity index (χ0v) is 6.76. The fraction of sp³-hybridized carbons (Fsp3) is 0.800. The molecule has 58 valence electrons. The minimum atomic E-state index is -0.418. The predicted octanol–water partition coefficient (Wildman–Crippen LogP) is -0.0992. The third-order valence-corrected chi connectivity index (χ3v) is 2.37. The minimum absolute atomic E-state index is 0.418. The maximum atomic E-state index is 9.16. The van der Waals surface area contributed by atoms with Crippen molar-refractivity contribution >= 4 is 16.9 Å². The minimum Gasteiger partial charge on any atom is -0.397 e. The van der Waals surface area contributed by atoms with Gasteiger partial charge < -0.3 is 14.8 Å². The average Bonchev–Trinajstić information content (AvgIpc) is 2.20. The van der Waals surface area contributed by atoms with E-state index in [9.17, 15) is 0 Å². The Labute approximate surface area is 63.8 Å². The highest BCUT2D eigenvalue weighted by atomic mass is 32.2. The SMILES string of the molecule is CO/N=C1/SCC(O)N1C. The summed E-state index contributed by atoms with van der Waals surface area (Å²) in [6, 6.07) is 0. The Morgan fingerprint density at radius 3 is 3.00 bits per heavy atom. The summed E-state index contributed by atoms with van der Waals surface area (Å²) in [6.45, 7) is 0. The first-order valence-corrected chi connectivity index (χ1v) is 3.89. The topological polar surface area (TPSA) is 45.1 Å². The van der Waals surface area contributed by atoms with Gasteiger partial charge in [-0.15, -0.1) is 0 Å². The van der Waals surface area contributed by atoms with Gasteiger partial charge in [0, 0.05) is 12.8 Å². The van der Waals surface area contributed by atoms with Crippen LogP contribution in [0.25, 0.3) is 0 Å². The van der Waals surface area contributed by atoms with Crippen molar-refractivity contribution in [1.29, 1.82) is 0 Å². The summed E-state index contributed by atoms with van der Waals surface area (Å²) in [5.74, 6) is 0.665. The van der Waals surface area contributed by atoms with E-state index < -0.39 is 6.23 Å². The number of hydrogen-bond acceptors (Lipinski definition) is 4. The van der Waals surface area contributed by atoms with Crippen molar-refractivity contribution in [2.45, 2.75) is 6.23 Å². The summed E-state index contributed by atoms with van der Waals surface area (Å²) in [7, 11) is 3.27. The monoisotopic (exact) mass is 162 g/mol. The molecule has 0 amide bonds. The molecule has 0 aromatic heterocycles. The van der Waals surface area contributed by atoms with E-state index in [0.29, 0.717) is 5.75 Å². The number of aliphatic hydroxyl groups is 1. The smallest absolute Gasteiger partial charge is 0.204 e. The average molecular weight is 162 g/mol. The Balaban J connectivity index is 2.57. The summed E-state index contributed by atoms with van der Waals surface area (Å²) in [4.78, 5) is 6.23. The molecule has 0 aliphatic carbocycles. The number of aliphatic hydroxyl groups excluding tert-OH is 1. The van der Waals surface area contributed by atoms with E-state index in [2.05, 4.69) is 9.99 Å². The van der Waals surface area contributed by atoms with Crippen LogP contribution in [0.4, 0.5) is 0 Å². The first-order valence-electron chi connectivity index (χ1n) is 2.90.